The fourth-order valence-electron chi connectivity index (χ4n) is 1.26. The zero-order valence-corrected chi connectivity index (χ0v) is 8.24. The molecule has 0 atom stereocenters. The van der Waals surface area contributed by atoms with Crippen LogP contribution in [0.4, 0.5) is 11.8 Å². The highest BCUT2D eigenvalue weighted by molar-refractivity contribution is 5.41. The Hall–Kier alpha value is -1.36. The largest absolute Gasteiger partial charge is 0.383 e. The fraction of sp³-hybridized carbons (Fsp3) is 0.556. The second-order valence-corrected chi connectivity index (χ2v) is 3.24. The molecule has 0 aliphatic rings. The average Bonchev–Trinajstić information content (AvgIpc) is 2.15. The number of anilines is 2. The summed E-state index contributed by atoms with van der Waals surface area (Å²) in [5.41, 5.74) is 17.4. The lowest BCUT2D eigenvalue weighted by Crippen LogP contribution is -2.04. The Bertz CT molecular complexity index is 287. The van der Waals surface area contributed by atoms with Crippen molar-refractivity contribution in [1.29, 1.82) is 0 Å². The van der Waals surface area contributed by atoms with Crippen LogP contribution in [0.25, 0.3) is 0 Å². The molecular weight excluding hydrogens is 178 g/mol. The van der Waals surface area contributed by atoms with E-state index in [9.17, 15) is 0 Å². The summed E-state index contributed by atoms with van der Waals surface area (Å²) in [7, 11) is 0. The number of hydrogen-bond donors (Lipinski definition) is 3. The SMILES string of the molecule is NCCCCCc1cnc(N)nc1N. The number of rotatable bonds is 5. The Balaban J connectivity index is 2.42. The molecule has 0 spiro atoms. The normalized spacial score (nSPS) is 10.4. The van der Waals surface area contributed by atoms with Crippen LogP contribution in [0.2, 0.25) is 0 Å². The lowest BCUT2D eigenvalue weighted by atomic mass is 10.1. The van der Waals surface area contributed by atoms with Crippen molar-refractivity contribution in [3.8, 4) is 0 Å². The van der Waals surface area contributed by atoms with Crippen molar-refractivity contribution in [1.82, 2.24) is 9.97 Å². The van der Waals surface area contributed by atoms with Crippen LogP contribution in [0.3, 0.4) is 0 Å². The van der Waals surface area contributed by atoms with Gasteiger partial charge in [-0.15, -0.1) is 0 Å². The number of unbranched alkanes of at least 4 members (excludes halogenated alkanes) is 2. The van der Waals surface area contributed by atoms with E-state index in [4.69, 9.17) is 17.2 Å². The molecule has 1 heterocycles. The zero-order chi connectivity index (χ0) is 10.4. The molecule has 0 aromatic carbocycles. The van der Waals surface area contributed by atoms with E-state index >= 15 is 0 Å². The van der Waals surface area contributed by atoms with Crippen molar-refractivity contribution in [3.63, 3.8) is 0 Å². The van der Waals surface area contributed by atoms with Crippen molar-refractivity contribution in [3.05, 3.63) is 11.8 Å². The maximum Gasteiger partial charge on any atom is 0.221 e. The topological polar surface area (TPSA) is 104 Å². The van der Waals surface area contributed by atoms with E-state index in [2.05, 4.69) is 9.97 Å². The van der Waals surface area contributed by atoms with Crippen LogP contribution >= 0.6 is 0 Å². The molecule has 0 amide bonds. The van der Waals surface area contributed by atoms with Crippen molar-refractivity contribution in [2.24, 2.45) is 5.73 Å². The summed E-state index contributed by atoms with van der Waals surface area (Å²) in [5.74, 6) is 0.721. The molecule has 6 N–H and O–H groups in total. The Kier molecular flexibility index (Phi) is 4.12. The van der Waals surface area contributed by atoms with Gasteiger partial charge in [0.15, 0.2) is 0 Å². The molecular formula is C9H17N5. The molecule has 0 unspecified atom stereocenters. The van der Waals surface area contributed by atoms with E-state index in [1.54, 1.807) is 6.20 Å². The number of nitrogen functional groups attached to an aromatic ring is 2. The third kappa shape index (κ3) is 3.18. The van der Waals surface area contributed by atoms with Gasteiger partial charge in [0.25, 0.3) is 0 Å². The van der Waals surface area contributed by atoms with Crippen molar-refractivity contribution in [2.45, 2.75) is 25.7 Å². The molecule has 0 fully saturated rings. The van der Waals surface area contributed by atoms with Crippen LogP contribution in [-0.4, -0.2) is 16.5 Å². The molecule has 5 nitrogen and oxygen atoms in total. The van der Waals surface area contributed by atoms with Crippen LogP contribution < -0.4 is 17.2 Å². The Morgan fingerprint density at radius 3 is 2.57 bits per heavy atom. The van der Waals surface area contributed by atoms with E-state index in [-0.39, 0.29) is 5.95 Å². The van der Waals surface area contributed by atoms with Crippen LogP contribution in [-0.2, 0) is 6.42 Å². The van der Waals surface area contributed by atoms with Crippen LogP contribution in [0.1, 0.15) is 24.8 Å². The highest BCUT2D eigenvalue weighted by atomic mass is 15.0. The fourth-order valence-corrected chi connectivity index (χ4v) is 1.26. The van der Waals surface area contributed by atoms with E-state index < -0.39 is 0 Å². The molecule has 0 radical (unpaired) electrons. The minimum Gasteiger partial charge on any atom is -0.383 e. The van der Waals surface area contributed by atoms with Crippen molar-refractivity contribution < 1.29 is 0 Å². The summed E-state index contributed by atoms with van der Waals surface area (Å²) < 4.78 is 0. The van der Waals surface area contributed by atoms with E-state index in [0.29, 0.717) is 5.82 Å². The second kappa shape index (κ2) is 5.39. The summed E-state index contributed by atoms with van der Waals surface area (Å²) in [5, 5.41) is 0. The van der Waals surface area contributed by atoms with Crippen molar-refractivity contribution in [2.75, 3.05) is 18.0 Å². The zero-order valence-electron chi connectivity index (χ0n) is 8.24. The number of hydrogen-bond acceptors (Lipinski definition) is 5. The summed E-state index contributed by atoms with van der Waals surface area (Å²) >= 11 is 0. The first-order valence-electron chi connectivity index (χ1n) is 4.81. The molecule has 0 saturated heterocycles. The van der Waals surface area contributed by atoms with E-state index in [0.717, 1.165) is 37.8 Å². The third-order valence-corrected chi connectivity index (χ3v) is 2.07. The quantitative estimate of drug-likeness (QED) is 0.587. The number of aryl methyl sites for hydroxylation is 1. The van der Waals surface area contributed by atoms with Gasteiger partial charge in [0.05, 0.1) is 0 Å². The molecule has 0 bridgehead atoms. The molecule has 14 heavy (non-hydrogen) atoms. The highest BCUT2D eigenvalue weighted by Gasteiger charge is 2.01. The van der Waals surface area contributed by atoms with E-state index in [1.807, 2.05) is 0 Å². The van der Waals surface area contributed by atoms with Crippen LogP contribution in [0.15, 0.2) is 6.20 Å². The minimum absolute atomic E-state index is 0.230. The predicted octanol–water partition coefficient (Wildman–Crippen LogP) is 0.313. The van der Waals surface area contributed by atoms with Gasteiger partial charge in [-0.05, 0) is 25.8 Å². The van der Waals surface area contributed by atoms with Gasteiger partial charge in [-0.25, -0.2) is 4.98 Å². The average molecular weight is 195 g/mol. The van der Waals surface area contributed by atoms with Gasteiger partial charge < -0.3 is 17.2 Å². The van der Waals surface area contributed by atoms with Gasteiger partial charge in [0.2, 0.25) is 5.95 Å². The predicted molar refractivity (Wildman–Crippen MR) is 57.5 cm³/mol. The van der Waals surface area contributed by atoms with Crippen molar-refractivity contribution >= 4 is 11.8 Å². The molecule has 1 aromatic rings. The van der Waals surface area contributed by atoms with Gasteiger partial charge in [-0.3, -0.25) is 0 Å². The van der Waals surface area contributed by atoms with Gasteiger partial charge in [-0.2, -0.15) is 4.98 Å². The summed E-state index contributed by atoms with van der Waals surface area (Å²) in [6, 6.07) is 0. The van der Waals surface area contributed by atoms with E-state index in [1.165, 1.54) is 0 Å². The summed E-state index contributed by atoms with van der Waals surface area (Å²) in [4.78, 5) is 7.79. The molecule has 0 aliphatic carbocycles. The molecule has 5 heteroatoms. The Morgan fingerprint density at radius 2 is 1.93 bits per heavy atom. The molecule has 0 aliphatic heterocycles. The number of nitrogens with zero attached hydrogens (tertiary/aromatic N) is 2. The second-order valence-electron chi connectivity index (χ2n) is 3.24. The van der Waals surface area contributed by atoms with Gasteiger partial charge in [0.1, 0.15) is 5.82 Å². The molecule has 78 valence electrons. The number of aromatic nitrogens is 2. The van der Waals surface area contributed by atoms with Crippen LogP contribution in [0.5, 0.6) is 0 Å². The lowest BCUT2D eigenvalue weighted by molar-refractivity contribution is 0.685. The maximum absolute atomic E-state index is 5.68. The number of nitrogens with two attached hydrogens (primary N) is 3. The molecule has 0 saturated carbocycles. The standard InChI is InChI=1S/C9H17N5/c10-5-3-1-2-4-7-6-13-9(12)14-8(7)11/h6H,1-5,10H2,(H4,11,12,13,14). The Labute approximate surface area is 83.7 Å². The van der Waals surface area contributed by atoms with Gasteiger partial charge in [0, 0.05) is 11.8 Å². The molecule has 1 rings (SSSR count). The summed E-state index contributed by atoms with van der Waals surface area (Å²) in [6.45, 7) is 0.744. The van der Waals surface area contributed by atoms with Gasteiger partial charge >= 0.3 is 0 Å². The lowest BCUT2D eigenvalue weighted by Gasteiger charge is -2.04. The van der Waals surface area contributed by atoms with Crippen LogP contribution in [0, 0.1) is 0 Å². The third-order valence-electron chi connectivity index (χ3n) is 2.07. The summed E-state index contributed by atoms with van der Waals surface area (Å²) in [6.07, 6.45) is 5.82. The Morgan fingerprint density at radius 1 is 1.14 bits per heavy atom. The van der Waals surface area contributed by atoms with Gasteiger partial charge in [-0.1, -0.05) is 6.42 Å². The minimum atomic E-state index is 0.230. The first-order valence-corrected chi connectivity index (χ1v) is 4.81. The smallest absolute Gasteiger partial charge is 0.221 e. The first-order chi connectivity index (χ1) is 6.74. The first kappa shape index (κ1) is 10.7. The maximum atomic E-state index is 5.68. The highest BCUT2D eigenvalue weighted by Crippen LogP contribution is 2.12. The molecule has 1 aromatic heterocycles. The monoisotopic (exact) mass is 195 g/mol.